The van der Waals surface area contributed by atoms with Crippen LogP contribution in [-0.2, 0) is 0 Å². The molecule has 0 aromatic carbocycles. The van der Waals surface area contributed by atoms with Crippen LogP contribution in [0.4, 0.5) is 0 Å². The molecule has 1 heteroatoms. The molecule has 1 aliphatic carbocycles. The fourth-order valence-corrected chi connectivity index (χ4v) is 2.73. The van der Waals surface area contributed by atoms with Crippen molar-refractivity contribution in [1.82, 2.24) is 4.90 Å². The Morgan fingerprint density at radius 3 is 2.80 bits per heavy atom. The number of allylic oxidation sites excluding steroid dienone is 1. The molecule has 2 rings (SSSR count). The quantitative estimate of drug-likeness (QED) is 0.625. The number of nitrogens with zero attached hydrogens (tertiary/aromatic N) is 1. The summed E-state index contributed by atoms with van der Waals surface area (Å²) < 4.78 is 0. The SMILES string of the molecule is CC1CCN(CC2=CCCCCC2)CC1. The lowest BCUT2D eigenvalue weighted by Gasteiger charge is -2.30. The molecule has 2 aliphatic rings. The van der Waals surface area contributed by atoms with Crippen LogP contribution in [0, 0.1) is 5.92 Å². The van der Waals surface area contributed by atoms with E-state index in [4.69, 9.17) is 0 Å². The molecule has 0 bridgehead atoms. The van der Waals surface area contributed by atoms with E-state index >= 15 is 0 Å². The summed E-state index contributed by atoms with van der Waals surface area (Å²) >= 11 is 0. The molecular formula is C14H25N. The molecule has 15 heavy (non-hydrogen) atoms. The lowest BCUT2D eigenvalue weighted by Crippen LogP contribution is -2.34. The molecule has 0 atom stereocenters. The highest BCUT2D eigenvalue weighted by molar-refractivity contribution is 5.06. The zero-order valence-electron chi connectivity index (χ0n) is 10.2. The third kappa shape index (κ3) is 3.64. The van der Waals surface area contributed by atoms with Crippen LogP contribution >= 0.6 is 0 Å². The summed E-state index contributed by atoms with van der Waals surface area (Å²) in [7, 11) is 0. The fourth-order valence-electron chi connectivity index (χ4n) is 2.73. The molecule has 1 nitrogen and oxygen atoms in total. The molecule has 0 saturated carbocycles. The zero-order valence-corrected chi connectivity index (χ0v) is 10.2. The van der Waals surface area contributed by atoms with E-state index in [0.29, 0.717) is 0 Å². The van der Waals surface area contributed by atoms with Crippen LogP contribution in [0.1, 0.15) is 51.9 Å². The molecule has 0 radical (unpaired) electrons. The zero-order chi connectivity index (χ0) is 10.5. The minimum atomic E-state index is 0.962. The van der Waals surface area contributed by atoms with E-state index in [1.165, 1.54) is 64.6 Å². The van der Waals surface area contributed by atoms with Crippen molar-refractivity contribution in [3.63, 3.8) is 0 Å². The van der Waals surface area contributed by atoms with Crippen molar-refractivity contribution < 1.29 is 0 Å². The van der Waals surface area contributed by atoms with E-state index in [1.54, 1.807) is 5.57 Å². The van der Waals surface area contributed by atoms with Gasteiger partial charge in [-0.15, -0.1) is 0 Å². The largest absolute Gasteiger partial charge is 0.299 e. The Morgan fingerprint density at radius 1 is 1.20 bits per heavy atom. The van der Waals surface area contributed by atoms with Crippen molar-refractivity contribution in [3.8, 4) is 0 Å². The van der Waals surface area contributed by atoms with E-state index in [2.05, 4.69) is 17.9 Å². The van der Waals surface area contributed by atoms with Gasteiger partial charge in [0.1, 0.15) is 0 Å². The Hall–Kier alpha value is -0.300. The summed E-state index contributed by atoms with van der Waals surface area (Å²) in [5, 5.41) is 0. The Kier molecular flexibility index (Phi) is 4.25. The van der Waals surface area contributed by atoms with Gasteiger partial charge in [0, 0.05) is 6.54 Å². The monoisotopic (exact) mass is 207 g/mol. The number of hydrogen-bond donors (Lipinski definition) is 0. The van der Waals surface area contributed by atoms with Crippen LogP contribution in [0.25, 0.3) is 0 Å². The minimum absolute atomic E-state index is 0.962. The number of rotatable bonds is 2. The second-order valence-electron chi connectivity index (χ2n) is 5.42. The van der Waals surface area contributed by atoms with Crippen LogP contribution in [0.5, 0.6) is 0 Å². The molecule has 0 N–H and O–H groups in total. The smallest absolute Gasteiger partial charge is 0.0192 e. The van der Waals surface area contributed by atoms with Crippen molar-refractivity contribution in [2.45, 2.75) is 51.9 Å². The minimum Gasteiger partial charge on any atom is -0.299 e. The van der Waals surface area contributed by atoms with Gasteiger partial charge in [0.15, 0.2) is 0 Å². The molecule has 0 aromatic heterocycles. The summed E-state index contributed by atoms with van der Waals surface area (Å²) in [6, 6.07) is 0. The van der Waals surface area contributed by atoms with Gasteiger partial charge < -0.3 is 0 Å². The van der Waals surface area contributed by atoms with E-state index in [1.807, 2.05) is 0 Å². The maximum absolute atomic E-state index is 2.66. The first-order chi connectivity index (χ1) is 7.34. The van der Waals surface area contributed by atoms with Gasteiger partial charge in [-0.05, 0) is 57.5 Å². The van der Waals surface area contributed by atoms with E-state index in [9.17, 15) is 0 Å². The highest BCUT2D eigenvalue weighted by Crippen LogP contribution is 2.21. The highest BCUT2D eigenvalue weighted by atomic mass is 15.1. The fraction of sp³-hybridized carbons (Fsp3) is 0.857. The van der Waals surface area contributed by atoms with Gasteiger partial charge >= 0.3 is 0 Å². The predicted octanol–water partition coefficient (Wildman–Crippen LogP) is 3.61. The third-order valence-corrected chi connectivity index (χ3v) is 3.94. The molecule has 1 heterocycles. The van der Waals surface area contributed by atoms with Gasteiger partial charge in [-0.1, -0.05) is 25.0 Å². The molecule has 86 valence electrons. The average molecular weight is 207 g/mol. The highest BCUT2D eigenvalue weighted by Gasteiger charge is 2.16. The standard InChI is InChI=1S/C14H25N/c1-13-8-10-15(11-9-13)12-14-6-4-2-3-5-7-14/h6,13H,2-5,7-12H2,1H3. The second kappa shape index (κ2) is 5.69. The molecule has 0 spiro atoms. The lowest BCUT2D eigenvalue weighted by atomic mass is 9.98. The number of piperidine rings is 1. The van der Waals surface area contributed by atoms with Gasteiger partial charge in [0.05, 0.1) is 0 Å². The second-order valence-corrected chi connectivity index (χ2v) is 5.42. The Morgan fingerprint density at radius 2 is 2.00 bits per heavy atom. The Labute approximate surface area is 94.5 Å². The Balaban J connectivity index is 1.77. The number of likely N-dealkylation sites (tertiary alicyclic amines) is 1. The van der Waals surface area contributed by atoms with Crippen LogP contribution in [0.15, 0.2) is 11.6 Å². The van der Waals surface area contributed by atoms with Gasteiger partial charge in [-0.25, -0.2) is 0 Å². The van der Waals surface area contributed by atoms with Gasteiger partial charge in [-0.2, -0.15) is 0 Å². The summed E-state index contributed by atoms with van der Waals surface area (Å²) in [5.74, 6) is 0.962. The summed E-state index contributed by atoms with van der Waals surface area (Å²) in [6.07, 6.45) is 12.3. The first kappa shape index (κ1) is 11.2. The topological polar surface area (TPSA) is 3.24 Å². The molecule has 0 aromatic rings. The van der Waals surface area contributed by atoms with Gasteiger partial charge in [0.2, 0.25) is 0 Å². The van der Waals surface area contributed by atoms with Crippen LogP contribution in [-0.4, -0.2) is 24.5 Å². The van der Waals surface area contributed by atoms with Crippen molar-refractivity contribution >= 4 is 0 Å². The van der Waals surface area contributed by atoms with Crippen molar-refractivity contribution in [3.05, 3.63) is 11.6 Å². The van der Waals surface area contributed by atoms with Crippen molar-refractivity contribution in [2.75, 3.05) is 19.6 Å². The van der Waals surface area contributed by atoms with Crippen LogP contribution in [0.2, 0.25) is 0 Å². The molecular weight excluding hydrogens is 182 g/mol. The normalized spacial score (nSPS) is 26.1. The first-order valence-electron chi connectivity index (χ1n) is 6.75. The van der Waals surface area contributed by atoms with Gasteiger partial charge in [0.25, 0.3) is 0 Å². The summed E-state index contributed by atoms with van der Waals surface area (Å²) in [5.41, 5.74) is 1.72. The van der Waals surface area contributed by atoms with Crippen LogP contribution < -0.4 is 0 Å². The summed E-state index contributed by atoms with van der Waals surface area (Å²) in [4.78, 5) is 2.66. The van der Waals surface area contributed by atoms with Crippen molar-refractivity contribution in [1.29, 1.82) is 0 Å². The summed E-state index contributed by atoms with van der Waals surface area (Å²) in [6.45, 7) is 6.33. The molecule has 0 amide bonds. The predicted molar refractivity (Wildman–Crippen MR) is 66.0 cm³/mol. The Bertz CT molecular complexity index is 211. The molecule has 1 saturated heterocycles. The van der Waals surface area contributed by atoms with Crippen molar-refractivity contribution in [2.24, 2.45) is 5.92 Å². The molecule has 1 fully saturated rings. The first-order valence-corrected chi connectivity index (χ1v) is 6.75. The van der Waals surface area contributed by atoms with Crippen LogP contribution in [0.3, 0.4) is 0 Å². The number of hydrogen-bond acceptors (Lipinski definition) is 1. The van der Waals surface area contributed by atoms with E-state index in [-0.39, 0.29) is 0 Å². The third-order valence-electron chi connectivity index (χ3n) is 3.94. The average Bonchev–Trinajstić information content (AvgIpc) is 2.50. The maximum atomic E-state index is 2.66. The lowest BCUT2D eigenvalue weighted by molar-refractivity contribution is 0.205. The molecule has 0 unspecified atom stereocenters. The van der Waals surface area contributed by atoms with Gasteiger partial charge in [-0.3, -0.25) is 4.90 Å². The molecule has 1 aliphatic heterocycles. The van der Waals surface area contributed by atoms with E-state index in [0.717, 1.165) is 5.92 Å². The maximum Gasteiger partial charge on any atom is 0.0192 e. The van der Waals surface area contributed by atoms with E-state index < -0.39 is 0 Å².